The van der Waals surface area contributed by atoms with E-state index >= 15 is 0 Å². The highest BCUT2D eigenvalue weighted by Gasteiger charge is 2.19. The molecule has 0 aliphatic rings. The number of allylic oxidation sites excluding steroid dienone is 3. The minimum absolute atomic E-state index is 0.178. The summed E-state index contributed by atoms with van der Waals surface area (Å²) < 4.78 is 11.3. The van der Waals surface area contributed by atoms with E-state index in [2.05, 4.69) is 69.0 Å². The number of hydrogen-bond donors (Lipinski definition) is 2. The van der Waals surface area contributed by atoms with Gasteiger partial charge in [0, 0.05) is 26.1 Å². The third kappa shape index (κ3) is 45.8. The number of unbranched alkanes of at least 4 members (excludes halogenated alkanes) is 27. The van der Waals surface area contributed by atoms with Crippen molar-refractivity contribution in [1.29, 1.82) is 0 Å². The molecule has 0 bridgehead atoms. The molecule has 9 nitrogen and oxygen atoms in total. The van der Waals surface area contributed by atoms with Gasteiger partial charge in [-0.3, -0.25) is 14.5 Å². The van der Waals surface area contributed by atoms with Crippen molar-refractivity contribution in [3.63, 3.8) is 0 Å². The summed E-state index contributed by atoms with van der Waals surface area (Å²) in [7, 11) is 4.12. The van der Waals surface area contributed by atoms with Crippen molar-refractivity contribution in [2.24, 2.45) is 11.8 Å². The fourth-order valence-corrected chi connectivity index (χ4v) is 9.03. The molecule has 3 unspecified atom stereocenters. The molecule has 0 aromatic carbocycles. The summed E-state index contributed by atoms with van der Waals surface area (Å²) in [6.07, 6.45) is 50.7. The molecular weight excluding hydrogens is 837 g/mol. The van der Waals surface area contributed by atoms with Gasteiger partial charge in [-0.25, -0.2) is 4.79 Å². The van der Waals surface area contributed by atoms with Gasteiger partial charge in [0.1, 0.15) is 12.7 Å². The Balaban J connectivity index is 4.23. The zero-order chi connectivity index (χ0) is 49.3. The van der Waals surface area contributed by atoms with Gasteiger partial charge in [-0.1, -0.05) is 206 Å². The number of carbonyl (C=O) groups is 3. The first kappa shape index (κ1) is 64.6. The van der Waals surface area contributed by atoms with Gasteiger partial charge in [0.25, 0.3) is 0 Å². The Morgan fingerprint density at radius 1 is 0.448 bits per heavy atom. The molecular formula is C58H110N2O7. The minimum Gasteiger partial charge on any atom is -0.481 e. The van der Waals surface area contributed by atoms with E-state index in [9.17, 15) is 24.6 Å². The van der Waals surface area contributed by atoms with Crippen LogP contribution in [0.25, 0.3) is 0 Å². The first-order chi connectivity index (χ1) is 32.6. The molecule has 2 N–H and O–H groups in total. The summed E-state index contributed by atoms with van der Waals surface area (Å²) in [5, 5.41) is 19.7. The summed E-state index contributed by atoms with van der Waals surface area (Å²) in [4.78, 5) is 41.1. The Hall–Kier alpha value is -2.39. The molecule has 0 radical (unpaired) electrons. The first-order valence-electron chi connectivity index (χ1n) is 28.6. The monoisotopic (exact) mass is 947 g/mol. The molecule has 0 aromatic rings. The van der Waals surface area contributed by atoms with Crippen LogP contribution in [0, 0.1) is 11.8 Å². The Labute approximate surface area is 414 Å². The fourth-order valence-electron chi connectivity index (χ4n) is 9.03. The van der Waals surface area contributed by atoms with E-state index in [-0.39, 0.29) is 17.9 Å². The van der Waals surface area contributed by atoms with Gasteiger partial charge in [-0.05, 0) is 97.7 Å². The van der Waals surface area contributed by atoms with Gasteiger partial charge in [-0.2, -0.15) is 0 Å². The van der Waals surface area contributed by atoms with Crippen LogP contribution in [-0.4, -0.2) is 91.1 Å². The molecule has 0 fully saturated rings. The van der Waals surface area contributed by atoms with Crippen molar-refractivity contribution in [2.45, 2.75) is 271 Å². The maximum absolute atomic E-state index is 12.7. The lowest BCUT2D eigenvalue weighted by Gasteiger charge is -2.22. The Kier molecular flexibility index (Phi) is 48.2. The SMILES string of the molecule is CCCCCCCC/C=C\CCCCCCC(CCCCCCCCCCCCCC(CCCCC(C/C=C\CCCCCCCC)OC(=O)OCCN(CC)CCN(C)C)C(=O)O)C(=O)O. The summed E-state index contributed by atoms with van der Waals surface area (Å²) in [6.45, 7) is 10.4. The fraction of sp³-hybridized carbons (Fsp3) is 0.879. The number of carboxylic acid groups (broad SMARTS) is 2. The molecule has 0 aromatic heterocycles. The van der Waals surface area contributed by atoms with Gasteiger partial charge < -0.3 is 24.6 Å². The molecule has 0 heterocycles. The topological polar surface area (TPSA) is 117 Å². The van der Waals surface area contributed by atoms with Crippen LogP contribution in [0.15, 0.2) is 24.3 Å². The standard InChI is InChI=1S/C58H110N2O7/c1-6-9-11-13-15-17-18-19-20-22-26-29-33-37-43-53(56(61)62)44-38-34-30-27-23-21-24-28-31-35-39-45-54(57(63)64)46-41-42-48-55(47-40-36-32-25-16-14-12-10-7-2)67-58(65)66-52-51-60(8-3)50-49-59(4)5/h19-20,36,40,53-55H,6-18,21-35,37-39,41-52H2,1-5H3,(H,61,62)(H,63,64)/b20-19-,40-36-. The van der Waals surface area contributed by atoms with E-state index in [4.69, 9.17) is 9.47 Å². The maximum atomic E-state index is 12.7. The molecule has 0 aliphatic heterocycles. The normalized spacial score (nSPS) is 13.3. The number of carboxylic acids is 2. The van der Waals surface area contributed by atoms with Crippen LogP contribution in [0.4, 0.5) is 4.79 Å². The highest BCUT2D eigenvalue weighted by atomic mass is 16.7. The van der Waals surface area contributed by atoms with E-state index in [1.807, 2.05) is 0 Å². The van der Waals surface area contributed by atoms with Gasteiger partial charge in [0.2, 0.25) is 0 Å². The number of likely N-dealkylation sites (N-methyl/N-ethyl adjacent to an activating group) is 2. The first-order valence-corrected chi connectivity index (χ1v) is 28.6. The predicted molar refractivity (Wildman–Crippen MR) is 284 cm³/mol. The largest absolute Gasteiger partial charge is 0.508 e. The van der Waals surface area contributed by atoms with Crippen molar-refractivity contribution in [3.8, 4) is 0 Å². The Morgan fingerprint density at radius 3 is 1.19 bits per heavy atom. The van der Waals surface area contributed by atoms with Crippen molar-refractivity contribution < 1.29 is 34.1 Å². The van der Waals surface area contributed by atoms with Gasteiger partial charge in [0.15, 0.2) is 0 Å². The maximum Gasteiger partial charge on any atom is 0.508 e. The van der Waals surface area contributed by atoms with E-state index in [1.54, 1.807) is 0 Å². The molecule has 0 saturated carbocycles. The smallest absolute Gasteiger partial charge is 0.481 e. The summed E-state index contributed by atoms with van der Waals surface area (Å²) in [5.41, 5.74) is 0. The predicted octanol–water partition coefficient (Wildman–Crippen LogP) is 16.8. The molecule has 0 rings (SSSR count). The average Bonchev–Trinajstić information content (AvgIpc) is 3.30. The van der Waals surface area contributed by atoms with E-state index in [1.165, 1.54) is 135 Å². The number of rotatable bonds is 52. The zero-order valence-electron chi connectivity index (χ0n) is 44.8. The van der Waals surface area contributed by atoms with Crippen LogP contribution in [0.2, 0.25) is 0 Å². The van der Waals surface area contributed by atoms with Crippen molar-refractivity contribution in [3.05, 3.63) is 24.3 Å². The second kappa shape index (κ2) is 50.0. The number of carbonyl (C=O) groups excluding carboxylic acids is 1. The van der Waals surface area contributed by atoms with E-state index in [0.717, 1.165) is 110 Å². The van der Waals surface area contributed by atoms with Gasteiger partial charge >= 0.3 is 18.1 Å². The third-order valence-corrected chi connectivity index (χ3v) is 13.7. The minimum atomic E-state index is -0.692. The lowest BCUT2D eigenvalue weighted by molar-refractivity contribution is -0.143. The second-order valence-electron chi connectivity index (χ2n) is 20.2. The molecule has 9 heteroatoms. The molecule has 394 valence electrons. The summed E-state index contributed by atoms with van der Waals surface area (Å²) in [6, 6.07) is 0. The van der Waals surface area contributed by atoms with Crippen molar-refractivity contribution in [1.82, 2.24) is 9.80 Å². The molecule has 0 aliphatic carbocycles. The lowest BCUT2D eigenvalue weighted by atomic mass is 9.94. The van der Waals surface area contributed by atoms with Crippen LogP contribution in [0.5, 0.6) is 0 Å². The average molecular weight is 948 g/mol. The zero-order valence-corrected chi connectivity index (χ0v) is 44.8. The number of ether oxygens (including phenoxy) is 2. The van der Waals surface area contributed by atoms with Gasteiger partial charge in [-0.15, -0.1) is 0 Å². The van der Waals surface area contributed by atoms with Crippen LogP contribution in [0.3, 0.4) is 0 Å². The van der Waals surface area contributed by atoms with Crippen LogP contribution in [0.1, 0.15) is 265 Å². The van der Waals surface area contributed by atoms with Crippen LogP contribution >= 0.6 is 0 Å². The Bertz CT molecular complexity index is 1160. The lowest BCUT2D eigenvalue weighted by Crippen LogP contribution is -2.34. The number of hydrogen-bond acceptors (Lipinski definition) is 7. The molecule has 3 atom stereocenters. The van der Waals surface area contributed by atoms with Crippen molar-refractivity contribution >= 4 is 18.1 Å². The highest BCUT2D eigenvalue weighted by Crippen LogP contribution is 2.23. The Morgan fingerprint density at radius 2 is 0.806 bits per heavy atom. The number of aliphatic carboxylic acids is 2. The van der Waals surface area contributed by atoms with E-state index < -0.39 is 18.1 Å². The quantitative estimate of drug-likeness (QED) is 0.0349. The van der Waals surface area contributed by atoms with Crippen molar-refractivity contribution in [2.75, 3.05) is 46.9 Å². The number of nitrogens with zero attached hydrogens (tertiary/aromatic N) is 2. The molecule has 0 spiro atoms. The van der Waals surface area contributed by atoms with Gasteiger partial charge in [0.05, 0.1) is 11.8 Å². The highest BCUT2D eigenvalue weighted by molar-refractivity contribution is 5.70. The molecule has 0 saturated heterocycles. The summed E-state index contributed by atoms with van der Waals surface area (Å²) >= 11 is 0. The van der Waals surface area contributed by atoms with Crippen LogP contribution < -0.4 is 0 Å². The van der Waals surface area contributed by atoms with Crippen LogP contribution in [-0.2, 0) is 19.1 Å². The summed E-state index contributed by atoms with van der Waals surface area (Å²) in [5.74, 6) is -1.80. The molecule has 0 amide bonds. The van der Waals surface area contributed by atoms with E-state index in [0.29, 0.717) is 32.4 Å². The second-order valence-corrected chi connectivity index (χ2v) is 20.2. The molecule has 67 heavy (non-hydrogen) atoms. The third-order valence-electron chi connectivity index (χ3n) is 13.7.